The van der Waals surface area contributed by atoms with Crippen LogP contribution in [0.25, 0.3) is 75.6 Å². The molecular weight excluding hydrogens is 492 g/mol. The van der Waals surface area contributed by atoms with Crippen LogP contribution < -0.4 is 0 Å². The van der Waals surface area contributed by atoms with Crippen LogP contribution in [0.3, 0.4) is 0 Å². The largest absolute Gasteiger partial charge is 0.245 e. The standard InChI is InChI=1S/C36H22N2S/c1-2-6-24(7-3-1)31-20-17-26-14-15-27-18-21-32(38-36(27)35(26)37-31)25-12-10-23(11-13-25)28-16-19-30-29-8-4-5-9-33(29)39-34(30)22-28/h1-22H. The fraction of sp³-hybridized carbons (Fsp3) is 0. The van der Waals surface area contributed by atoms with Crippen LogP contribution in [0.1, 0.15) is 0 Å². The molecule has 0 aliphatic heterocycles. The summed E-state index contributed by atoms with van der Waals surface area (Å²) in [5.41, 5.74) is 8.42. The molecule has 0 N–H and O–H groups in total. The number of thiophene rings is 1. The fourth-order valence-electron chi connectivity index (χ4n) is 5.44. The summed E-state index contributed by atoms with van der Waals surface area (Å²) < 4.78 is 2.66. The molecule has 0 aliphatic carbocycles. The van der Waals surface area contributed by atoms with E-state index in [-0.39, 0.29) is 0 Å². The van der Waals surface area contributed by atoms with Gasteiger partial charge >= 0.3 is 0 Å². The van der Waals surface area contributed by atoms with Gasteiger partial charge in [0.05, 0.1) is 22.4 Å². The summed E-state index contributed by atoms with van der Waals surface area (Å²) in [7, 11) is 0. The predicted molar refractivity (Wildman–Crippen MR) is 166 cm³/mol. The Morgan fingerprint density at radius 1 is 0.385 bits per heavy atom. The summed E-state index contributed by atoms with van der Waals surface area (Å²) in [6.45, 7) is 0. The van der Waals surface area contributed by atoms with Crippen molar-refractivity contribution in [1.82, 2.24) is 9.97 Å². The van der Waals surface area contributed by atoms with Crippen LogP contribution in [0.5, 0.6) is 0 Å². The molecule has 0 saturated carbocycles. The van der Waals surface area contributed by atoms with E-state index >= 15 is 0 Å². The van der Waals surface area contributed by atoms with Crippen LogP contribution in [0.15, 0.2) is 133 Å². The Labute approximate surface area is 229 Å². The smallest absolute Gasteiger partial charge is 0.0972 e. The molecule has 0 atom stereocenters. The molecule has 0 bridgehead atoms. The van der Waals surface area contributed by atoms with E-state index < -0.39 is 0 Å². The maximum atomic E-state index is 5.12. The SMILES string of the molecule is c1ccc(-c2ccc3ccc4ccc(-c5ccc(-c6ccc7c(c6)sc6ccccc67)cc5)nc4c3n2)cc1. The van der Waals surface area contributed by atoms with E-state index in [0.29, 0.717) is 0 Å². The lowest BCUT2D eigenvalue weighted by atomic mass is 10.0. The minimum Gasteiger partial charge on any atom is -0.245 e. The highest BCUT2D eigenvalue weighted by Gasteiger charge is 2.10. The number of hydrogen-bond acceptors (Lipinski definition) is 3. The lowest BCUT2D eigenvalue weighted by molar-refractivity contribution is 1.36. The lowest BCUT2D eigenvalue weighted by Gasteiger charge is -2.09. The first kappa shape index (κ1) is 22.2. The number of fused-ring (bicyclic) bond motifs is 6. The molecule has 0 fully saturated rings. The quantitative estimate of drug-likeness (QED) is 0.219. The Kier molecular flexibility index (Phi) is 5.04. The maximum Gasteiger partial charge on any atom is 0.0972 e. The van der Waals surface area contributed by atoms with E-state index in [1.165, 1.54) is 31.3 Å². The topological polar surface area (TPSA) is 25.8 Å². The van der Waals surface area contributed by atoms with Gasteiger partial charge in [0, 0.05) is 42.1 Å². The van der Waals surface area contributed by atoms with Crippen molar-refractivity contribution in [3.63, 3.8) is 0 Å². The third kappa shape index (κ3) is 3.79. The van der Waals surface area contributed by atoms with Crippen LogP contribution in [-0.2, 0) is 0 Å². The second kappa shape index (κ2) is 8.87. The van der Waals surface area contributed by atoms with Crippen molar-refractivity contribution in [3.05, 3.63) is 133 Å². The molecule has 3 heteroatoms. The van der Waals surface area contributed by atoms with Crippen molar-refractivity contribution in [3.8, 4) is 33.6 Å². The third-order valence-electron chi connectivity index (χ3n) is 7.48. The van der Waals surface area contributed by atoms with Crippen LogP contribution in [-0.4, -0.2) is 9.97 Å². The van der Waals surface area contributed by atoms with E-state index in [1.54, 1.807) is 0 Å². The highest BCUT2D eigenvalue weighted by atomic mass is 32.1. The summed E-state index contributed by atoms with van der Waals surface area (Å²) in [6.07, 6.45) is 0. The minimum absolute atomic E-state index is 0.932. The first-order chi connectivity index (χ1) is 19.3. The number of nitrogens with zero attached hydrogens (tertiary/aromatic N) is 2. The number of aromatic nitrogens is 2. The number of hydrogen-bond donors (Lipinski definition) is 0. The molecule has 182 valence electrons. The minimum atomic E-state index is 0.932. The van der Waals surface area contributed by atoms with E-state index in [9.17, 15) is 0 Å². The normalized spacial score (nSPS) is 11.6. The zero-order chi connectivity index (χ0) is 25.8. The maximum absolute atomic E-state index is 5.12. The molecule has 0 spiro atoms. The Hall–Kier alpha value is -4.86. The van der Waals surface area contributed by atoms with E-state index in [1.807, 2.05) is 29.5 Å². The van der Waals surface area contributed by atoms with Crippen molar-refractivity contribution >= 4 is 53.3 Å². The molecule has 0 aliphatic rings. The zero-order valence-corrected chi connectivity index (χ0v) is 21.8. The molecule has 3 heterocycles. The van der Waals surface area contributed by atoms with Gasteiger partial charge in [0.15, 0.2) is 0 Å². The Balaban J connectivity index is 1.18. The highest BCUT2D eigenvalue weighted by Crippen LogP contribution is 2.36. The monoisotopic (exact) mass is 514 g/mol. The van der Waals surface area contributed by atoms with Gasteiger partial charge in [-0.3, -0.25) is 0 Å². The molecule has 0 unspecified atom stereocenters. The van der Waals surface area contributed by atoms with Crippen molar-refractivity contribution in [1.29, 1.82) is 0 Å². The molecule has 0 saturated heterocycles. The molecule has 8 rings (SSSR count). The van der Waals surface area contributed by atoms with Gasteiger partial charge < -0.3 is 0 Å². The molecule has 8 aromatic rings. The van der Waals surface area contributed by atoms with Crippen molar-refractivity contribution in [2.45, 2.75) is 0 Å². The van der Waals surface area contributed by atoms with Crippen LogP contribution >= 0.6 is 11.3 Å². The third-order valence-corrected chi connectivity index (χ3v) is 8.62. The summed E-state index contributed by atoms with van der Waals surface area (Å²) in [5, 5.41) is 4.85. The Bertz CT molecular complexity index is 2160. The molecule has 0 amide bonds. The summed E-state index contributed by atoms with van der Waals surface area (Å²) in [6, 6.07) is 47.2. The molecule has 2 nitrogen and oxygen atoms in total. The number of rotatable bonds is 3. The van der Waals surface area contributed by atoms with Gasteiger partial charge in [-0.05, 0) is 35.4 Å². The highest BCUT2D eigenvalue weighted by molar-refractivity contribution is 7.25. The van der Waals surface area contributed by atoms with Crippen molar-refractivity contribution in [2.75, 3.05) is 0 Å². The van der Waals surface area contributed by atoms with E-state index in [2.05, 4.69) is 115 Å². The van der Waals surface area contributed by atoms with E-state index in [4.69, 9.17) is 9.97 Å². The Morgan fingerprint density at radius 2 is 0.923 bits per heavy atom. The van der Waals surface area contributed by atoms with Gasteiger partial charge in [0.2, 0.25) is 0 Å². The molecule has 39 heavy (non-hydrogen) atoms. The first-order valence-corrected chi connectivity index (χ1v) is 13.9. The number of benzene rings is 5. The Morgan fingerprint density at radius 3 is 1.64 bits per heavy atom. The van der Waals surface area contributed by atoms with Crippen LogP contribution in [0.2, 0.25) is 0 Å². The van der Waals surface area contributed by atoms with Gasteiger partial charge in [-0.2, -0.15) is 0 Å². The molecular formula is C36H22N2S. The second-order valence-corrected chi connectivity index (χ2v) is 10.9. The average Bonchev–Trinajstić information content (AvgIpc) is 3.39. The molecule has 0 radical (unpaired) electrons. The fourth-order valence-corrected chi connectivity index (χ4v) is 6.58. The number of pyridine rings is 2. The van der Waals surface area contributed by atoms with Crippen molar-refractivity contribution < 1.29 is 0 Å². The summed E-state index contributed by atoms with van der Waals surface area (Å²) >= 11 is 1.86. The van der Waals surface area contributed by atoms with Gasteiger partial charge in [0.25, 0.3) is 0 Å². The lowest BCUT2D eigenvalue weighted by Crippen LogP contribution is -1.91. The van der Waals surface area contributed by atoms with Gasteiger partial charge in [-0.1, -0.05) is 109 Å². The predicted octanol–water partition coefficient (Wildman–Crippen LogP) is 10.2. The van der Waals surface area contributed by atoms with Crippen LogP contribution in [0, 0.1) is 0 Å². The van der Waals surface area contributed by atoms with Crippen molar-refractivity contribution in [2.24, 2.45) is 0 Å². The zero-order valence-electron chi connectivity index (χ0n) is 21.0. The van der Waals surface area contributed by atoms with Gasteiger partial charge in [0.1, 0.15) is 0 Å². The molecule has 3 aromatic heterocycles. The van der Waals surface area contributed by atoms with Gasteiger partial charge in [-0.15, -0.1) is 11.3 Å². The summed E-state index contributed by atoms with van der Waals surface area (Å²) in [5.74, 6) is 0. The average molecular weight is 515 g/mol. The van der Waals surface area contributed by atoms with Gasteiger partial charge in [-0.25, -0.2) is 9.97 Å². The summed E-state index contributed by atoms with van der Waals surface area (Å²) in [4.78, 5) is 10.2. The second-order valence-electron chi connectivity index (χ2n) is 9.85. The first-order valence-electron chi connectivity index (χ1n) is 13.1. The molecule has 5 aromatic carbocycles. The van der Waals surface area contributed by atoms with E-state index in [0.717, 1.165) is 44.3 Å². The van der Waals surface area contributed by atoms with Crippen LogP contribution in [0.4, 0.5) is 0 Å².